The summed E-state index contributed by atoms with van der Waals surface area (Å²) in [5.41, 5.74) is 17.1. The van der Waals surface area contributed by atoms with E-state index in [1.54, 1.807) is 18.6 Å². The molecule has 6 aromatic heterocycles. The summed E-state index contributed by atoms with van der Waals surface area (Å²) in [7, 11) is 1.50. The topological polar surface area (TPSA) is 101 Å². The van der Waals surface area contributed by atoms with E-state index in [4.69, 9.17) is 19.7 Å². The predicted molar refractivity (Wildman–Crippen MR) is 504 cm³/mol. The third kappa shape index (κ3) is 22.5. The Hall–Kier alpha value is -10.8. The van der Waals surface area contributed by atoms with Crippen LogP contribution in [0.25, 0.3) is 123 Å². The minimum atomic E-state index is -1.50. The van der Waals surface area contributed by atoms with Gasteiger partial charge in [-0.1, -0.05) is 277 Å². The molecule has 0 spiro atoms. The van der Waals surface area contributed by atoms with Crippen molar-refractivity contribution in [3.63, 3.8) is 0 Å². The molecule has 19 rings (SSSR count). The Kier molecular flexibility index (Phi) is 30.8. The quantitative estimate of drug-likeness (QED) is 0.0939. The van der Waals surface area contributed by atoms with E-state index in [9.17, 15) is 0 Å². The first kappa shape index (κ1) is 91.9. The smallest absolute Gasteiger partial charge is 0.117 e. The molecule has 2 aliphatic rings. The standard InChI is InChI=1S/2C24H22NSi.C22H26NSi.C16H13N2O.2C10H9N2.3Ir/c2*1-26(2,3)24-17-25-23(16-22(24)19-10-5-4-6-11-19)21-14-13-18-9-7-8-12-20(18)15-21;1-22(2,3)19-14-20(23-15-21(19)24(4,5)6)18-12-11-16-9-7-8-10-17(16)13-18;1-18-9-8-17-16(18)11-6-7-13-12-4-2-3-5-14(12)19-15(13)10-11;2*1-12-8-7-11-10(12)9-5-3-2-4-6-9;;;/h2*4-13,15-17H,1-3H3;7-11,13-15H,1-6H3;2-5,7-10,12,14H,1H3;2*2-5,7-8H,1H3;;;/q6*-1;;;. The number of aromatic nitrogens is 9. The van der Waals surface area contributed by atoms with Gasteiger partial charge in [0.2, 0.25) is 0 Å². The van der Waals surface area contributed by atoms with Gasteiger partial charge in [-0.2, -0.15) is 0 Å². The monoisotopic (exact) mass is 2180 g/mol. The third-order valence-corrected chi connectivity index (χ3v) is 27.3. The molecule has 7 heterocycles. The van der Waals surface area contributed by atoms with E-state index in [2.05, 4.69) is 356 Å². The van der Waals surface area contributed by atoms with E-state index in [0.717, 1.165) is 73.7 Å². The molecule has 0 saturated heterocycles. The summed E-state index contributed by atoms with van der Waals surface area (Å²) in [6, 6.07) is 106. The Bertz CT molecular complexity index is 6150. The van der Waals surface area contributed by atoms with E-state index < -0.39 is 24.2 Å². The molecule has 0 amide bonds. The zero-order chi connectivity index (χ0) is 83.4. The van der Waals surface area contributed by atoms with Crippen molar-refractivity contribution in [2.45, 2.75) is 97.1 Å². The minimum absolute atomic E-state index is 0. The Morgan fingerprint density at radius 2 is 0.697 bits per heavy atom. The number of allylic oxidation sites excluding steroid dienone is 2. The van der Waals surface area contributed by atoms with E-state index in [1.807, 2.05) is 120 Å². The molecule has 0 fully saturated rings. The van der Waals surface area contributed by atoms with Gasteiger partial charge in [0.15, 0.2) is 0 Å². The fourth-order valence-corrected chi connectivity index (χ4v) is 19.5. The predicted octanol–water partition coefficient (Wildman–Crippen LogP) is 24.0. The van der Waals surface area contributed by atoms with Crippen molar-refractivity contribution < 1.29 is 65.1 Å². The number of nitrogens with zero attached hydrogens (tertiary/aromatic N) is 9. The van der Waals surface area contributed by atoms with Crippen LogP contribution in [0.1, 0.15) is 37.8 Å². The van der Waals surface area contributed by atoms with Gasteiger partial charge in [-0.15, -0.1) is 177 Å². The molecular formula is C106H101Ir3N9OSi3-6. The van der Waals surface area contributed by atoms with E-state index in [1.165, 1.54) is 81.3 Å². The fourth-order valence-electron chi connectivity index (χ4n) is 14.8. The normalized spacial score (nSPS) is 13.0. The first-order chi connectivity index (χ1) is 57.3. The van der Waals surface area contributed by atoms with Crippen molar-refractivity contribution in [3.8, 4) is 95.9 Å². The first-order valence-corrected chi connectivity index (χ1v) is 51.1. The van der Waals surface area contributed by atoms with Crippen LogP contribution < -0.4 is 20.3 Å². The molecule has 621 valence electrons. The molecular weight excluding hydrogens is 2080 g/mol. The summed E-state index contributed by atoms with van der Waals surface area (Å²) in [6.07, 6.45) is 26.0. The van der Waals surface area contributed by atoms with Crippen LogP contribution in [0.2, 0.25) is 58.9 Å². The third-order valence-electron chi connectivity index (χ3n) is 21.2. The van der Waals surface area contributed by atoms with Crippen molar-refractivity contribution in [2.75, 3.05) is 0 Å². The number of hydrogen-bond acceptors (Lipinski definition) is 7. The van der Waals surface area contributed by atoms with Crippen molar-refractivity contribution in [1.29, 1.82) is 0 Å². The molecule has 10 nitrogen and oxygen atoms in total. The van der Waals surface area contributed by atoms with Gasteiger partial charge < -0.3 is 33.4 Å². The Balaban J connectivity index is 0.000000145. The van der Waals surface area contributed by atoms with Gasteiger partial charge >= 0.3 is 0 Å². The number of aryl methyl sites for hydroxylation is 3. The van der Waals surface area contributed by atoms with Crippen molar-refractivity contribution in [3.05, 3.63) is 376 Å². The molecule has 16 heteroatoms. The van der Waals surface area contributed by atoms with Crippen LogP contribution in [0.15, 0.2) is 329 Å². The second-order valence-corrected chi connectivity index (χ2v) is 49.3. The molecule has 0 bridgehead atoms. The van der Waals surface area contributed by atoms with Crippen LogP contribution in [0.3, 0.4) is 0 Å². The first-order valence-electron chi connectivity index (χ1n) is 40.6. The molecule has 17 aromatic rings. The number of ether oxygens (including phenoxy) is 1. The van der Waals surface area contributed by atoms with Crippen LogP contribution in [-0.2, 0) is 86.9 Å². The van der Waals surface area contributed by atoms with Crippen LogP contribution in [0.4, 0.5) is 0 Å². The Morgan fingerprint density at radius 1 is 0.344 bits per heavy atom. The SMILES string of the molecule is CC(C)(C)c1cc(-c2[c-]cc3ccccc3c2)ncc1[Si](C)(C)C.C[Si](C)(C)c1cnc(-c2[c-]cc3ccccc3c2)cc1-c1ccccc1.C[Si](C)(C)c1cnc(-c2[c-]cc3ccccc3c2)cc1-c1ccccc1.Cn1ccnc1-c1[c-]cc2c(c1)OC1C=CC=CC21.Cn1ccnc1-c1[c-]cccc1.Cn1ccnc1-c1[c-]cccc1.[Ir].[Ir].[Ir]. The molecule has 2 atom stereocenters. The fraction of sp³-hybridized carbons (Fsp3) is 0.170. The summed E-state index contributed by atoms with van der Waals surface area (Å²) in [6.45, 7) is 28.3. The van der Waals surface area contributed by atoms with E-state index >= 15 is 0 Å². The Labute approximate surface area is 764 Å². The number of pyridine rings is 3. The van der Waals surface area contributed by atoms with Gasteiger partial charge in [-0.25, -0.2) is 0 Å². The van der Waals surface area contributed by atoms with Crippen molar-refractivity contribution in [2.24, 2.45) is 21.1 Å². The molecule has 0 saturated carbocycles. The number of imidazole rings is 3. The Morgan fingerprint density at radius 3 is 1.07 bits per heavy atom. The number of hydrogen-bond donors (Lipinski definition) is 0. The van der Waals surface area contributed by atoms with Crippen LogP contribution in [-0.4, -0.2) is 73.9 Å². The van der Waals surface area contributed by atoms with Gasteiger partial charge in [-0.3, -0.25) is 15.0 Å². The van der Waals surface area contributed by atoms with Gasteiger partial charge in [0.1, 0.15) is 6.10 Å². The molecule has 3 radical (unpaired) electrons. The number of fused-ring (bicyclic) bond motifs is 6. The number of rotatable bonds is 11. The molecule has 1 aliphatic heterocycles. The van der Waals surface area contributed by atoms with Crippen molar-refractivity contribution >= 4 is 72.1 Å². The van der Waals surface area contributed by atoms with Gasteiger partial charge in [0.05, 0.1) is 41.7 Å². The van der Waals surface area contributed by atoms with Crippen molar-refractivity contribution in [1.82, 2.24) is 43.6 Å². The molecule has 2 unspecified atom stereocenters. The van der Waals surface area contributed by atoms with Crippen LogP contribution in [0, 0.1) is 36.4 Å². The van der Waals surface area contributed by atoms with Gasteiger partial charge in [0.25, 0.3) is 0 Å². The maximum absolute atomic E-state index is 5.99. The van der Waals surface area contributed by atoms with E-state index in [-0.39, 0.29) is 71.8 Å². The summed E-state index contributed by atoms with van der Waals surface area (Å²) < 4.78 is 11.9. The van der Waals surface area contributed by atoms with Crippen LogP contribution >= 0.6 is 0 Å². The second-order valence-electron chi connectivity index (χ2n) is 34.2. The molecule has 0 N–H and O–H groups in total. The zero-order valence-corrected chi connectivity index (χ0v) is 82.0. The average Bonchev–Trinajstić information content (AvgIpc) is 1.67. The summed E-state index contributed by atoms with van der Waals surface area (Å²) in [5, 5.41) is 11.6. The van der Waals surface area contributed by atoms with E-state index in [0.29, 0.717) is 5.92 Å². The summed E-state index contributed by atoms with van der Waals surface area (Å²) in [5.74, 6) is 4.09. The average molecular weight is 2180 g/mol. The molecule has 11 aromatic carbocycles. The maximum atomic E-state index is 5.99. The summed E-state index contributed by atoms with van der Waals surface area (Å²) in [4.78, 5) is 27.2. The van der Waals surface area contributed by atoms with Gasteiger partial charge in [0, 0.05) is 149 Å². The zero-order valence-electron chi connectivity index (χ0n) is 71.8. The molecule has 122 heavy (non-hydrogen) atoms. The second kappa shape index (κ2) is 40.9. The number of benzene rings is 11. The van der Waals surface area contributed by atoms with Gasteiger partial charge in [-0.05, 0) is 72.0 Å². The summed E-state index contributed by atoms with van der Waals surface area (Å²) >= 11 is 0. The molecule has 1 aliphatic carbocycles. The van der Waals surface area contributed by atoms with Crippen LogP contribution in [0.5, 0.6) is 5.75 Å². The largest absolute Gasteiger partial charge is 0.505 e. The maximum Gasteiger partial charge on any atom is 0.117 e. The minimum Gasteiger partial charge on any atom is -0.505 e.